The molecule has 2 aromatic rings. The molecule has 0 bridgehead atoms. The van der Waals surface area contributed by atoms with Gasteiger partial charge in [0, 0.05) is 20.6 Å². The van der Waals surface area contributed by atoms with Gasteiger partial charge >= 0.3 is 12.1 Å². The van der Waals surface area contributed by atoms with E-state index in [0.717, 1.165) is 25.1 Å². The van der Waals surface area contributed by atoms with Gasteiger partial charge in [-0.3, -0.25) is 4.79 Å². The highest BCUT2D eigenvalue weighted by atomic mass is 16.6. The van der Waals surface area contributed by atoms with Crippen LogP contribution in [0.25, 0.3) is 11.4 Å². The molecule has 194 valence electrons. The van der Waals surface area contributed by atoms with Crippen LogP contribution in [-0.2, 0) is 27.9 Å². The summed E-state index contributed by atoms with van der Waals surface area (Å²) in [5.74, 6) is 2.05. The summed E-state index contributed by atoms with van der Waals surface area (Å²) in [7, 11) is 5.00. The number of methoxy groups -OCH3 is 1. The summed E-state index contributed by atoms with van der Waals surface area (Å²) in [6, 6.07) is 3.74. The number of aryl methyl sites for hydroxylation is 2. The van der Waals surface area contributed by atoms with E-state index in [4.69, 9.17) is 19.2 Å². The number of fused-ring (bicyclic) bond motifs is 1. The Kier molecular flexibility index (Phi) is 6.85. The van der Waals surface area contributed by atoms with Crippen LogP contribution < -0.4 is 4.74 Å². The number of aromatic nitrogens is 4. The Morgan fingerprint density at radius 2 is 2.00 bits per heavy atom. The molecular weight excluding hydrogens is 462 g/mol. The topological polar surface area (TPSA) is 109 Å². The third kappa shape index (κ3) is 5.03. The zero-order valence-electron chi connectivity index (χ0n) is 21.5. The third-order valence-electron chi connectivity index (χ3n) is 8.00. The van der Waals surface area contributed by atoms with E-state index in [-0.39, 0.29) is 30.7 Å². The molecule has 0 aliphatic heterocycles. The Morgan fingerprint density at radius 1 is 1.19 bits per heavy atom. The average Bonchev–Trinajstić information content (AvgIpc) is 3.53. The van der Waals surface area contributed by atoms with Crippen molar-refractivity contribution in [2.75, 3.05) is 20.7 Å². The van der Waals surface area contributed by atoms with Gasteiger partial charge in [-0.1, -0.05) is 11.6 Å². The van der Waals surface area contributed by atoms with Crippen molar-refractivity contribution in [2.24, 2.45) is 30.7 Å². The lowest BCUT2D eigenvalue weighted by atomic mass is 9.85. The molecule has 0 spiro atoms. The quantitative estimate of drug-likeness (QED) is 0.510. The van der Waals surface area contributed by atoms with E-state index in [1.807, 2.05) is 19.1 Å². The summed E-state index contributed by atoms with van der Waals surface area (Å²) in [6.45, 7) is 2.68. The molecule has 0 unspecified atom stereocenters. The van der Waals surface area contributed by atoms with Crippen LogP contribution in [0.4, 0.5) is 4.79 Å². The minimum absolute atomic E-state index is 0.0346. The van der Waals surface area contributed by atoms with Gasteiger partial charge in [-0.2, -0.15) is 0 Å². The average molecular weight is 498 g/mol. The smallest absolute Gasteiger partial charge is 0.409 e. The number of hydrogen-bond acceptors (Lipinski definition) is 8. The molecular formula is C26H35N5O5. The maximum atomic E-state index is 12.5. The molecule has 3 saturated carbocycles. The summed E-state index contributed by atoms with van der Waals surface area (Å²) in [5.41, 5.74) is 2.62. The lowest BCUT2D eigenvalue weighted by molar-refractivity contribution is -0.148. The van der Waals surface area contributed by atoms with Crippen molar-refractivity contribution in [1.29, 1.82) is 0 Å². The zero-order valence-corrected chi connectivity index (χ0v) is 21.5. The van der Waals surface area contributed by atoms with Crippen molar-refractivity contribution in [3.8, 4) is 17.1 Å². The number of amides is 1. The van der Waals surface area contributed by atoms with Gasteiger partial charge in [0.25, 0.3) is 0 Å². The normalized spacial score (nSPS) is 24.9. The minimum atomic E-state index is -0.349. The Morgan fingerprint density at radius 3 is 2.69 bits per heavy atom. The van der Waals surface area contributed by atoms with E-state index in [2.05, 4.69) is 10.3 Å². The molecule has 5 rings (SSSR count). The molecule has 3 fully saturated rings. The number of ether oxygens (including phenoxy) is 3. The van der Waals surface area contributed by atoms with Crippen LogP contribution in [0.15, 0.2) is 12.1 Å². The van der Waals surface area contributed by atoms with Crippen LogP contribution >= 0.6 is 0 Å². The monoisotopic (exact) mass is 497 g/mol. The lowest BCUT2D eigenvalue weighted by Crippen LogP contribution is -2.34. The molecule has 10 nitrogen and oxygen atoms in total. The van der Waals surface area contributed by atoms with Gasteiger partial charge in [-0.05, 0) is 68.9 Å². The number of rotatable bonds is 8. The fourth-order valence-corrected chi connectivity index (χ4v) is 5.54. The number of pyridine rings is 1. The summed E-state index contributed by atoms with van der Waals surface area (Å²) in [4.78, 5) is 31.0. The van der Waals surface area contributed by atoms with E-state index in [0.29, 0.717) is 47.0 Å². The molecule has 4 atom stereocenters. The van der Waals surface area contributed by atoms with Crippen LogP contribution in [-0.4, -0.2) is 63.7 Å². The Hall–Kier alpha value is -3.17. The second kappa shape index (κ2) is 10.1. The third-order valence-corrected chi connectivity index (χ3v) is 8.00. The molecule has 1 amide bonds. The van der Waals surface area contributed by atoms with Gasteiger partial charge < -0.3 is 19.1 Å². The van der Waals surface area contributed by atoms with E-state index in [1.54, 1.807) is 23.7 Å². The fraction of sp³-hybridized carbons (Fsp3) is 0.654. The maximum absolute atomic E-state index is 12.5. The van der Waals surface area contributed by atoms with E-state index >= 15 is 0 Å². The Bertz CT molecular complexity index is 1130. The first-order valence-electron chi connectivity index (χ1n) is 12.8. The molecule has 3 aliphatic rings. The molecule has 2 heterocycles. The predicted molar refractivity (Wildman–Crippen MR) is 130 cm³/mol. The first-order chi connectivity index (χ1) is 17.3. The van der Waals surface area contributed by atoms with Crippen molar-refractivity contribution in [1.82, 2.24) is 24.9 Å². The van der Waals surface area contributed by atoms with E-state index in [1.165, 1.54) is 26.4 Å². The van der Waals surface area contributed by atoms with Crippen molar-refractivity contribution >= 4 is 12.1 Å². The number of carbonyl (C=O) groups is 2. The highest BCUT2D eigenvalue weighted by molar-refractivity contribution is 5.73. The van der Waals surface area contributed by atoms with Crippen LogP contribution in [0.5, 0.6) is 5.75 Å². The largest absolute Gasteiger partial charge is 0.488 e. The second-order valence-corrected chi connectivity index (χ2v) is 10.5. The summed E-state index contributed by atoms with van der Waals surface area (Å²) < 4.78 is 18.5. The van der Waals surface area contributed by atoms with E-state index in [9.17, 15) is 9.59 Å². The molecule has 0 saturated heterocycles. The van der Waals surface area contributed by atoms with E-state index < -0.39 is 0 Å². The SMILES string of the molecule is COC(=O)[C@@H]1C[C@H](Oc2ccc(-c3nnn(C)c3COC(=O)N(C)CC3CCC3)nc2C)C[C@H]2C[C@H]21. The molecule has 2 aromatic heterocycles. The van der Waals surface area contributed by atoms with Gasteiger partial charge in [0.2, 0.25) is 0 Å². The number of esters is 1. The zero-order chi connectivity index (χ0) is 25.4. The summed E-state index contributed by atoms with van der Waals surface area (Å²) in [5, 5.41) is 8.40. The molecule has 10 heteroatoms. The Balaban J connectivity index is 1.23. The summed E-state index contributed by atoms with van der Waals surface area (Å²) >= 11 is 0. The first-order valence-corrected chi connectivity index (χ1v) is 12.8. The number of carbonyl (C=O) groups excluding carboxylic acids is 2. The first kappa shape index (κ1) is 24.5. The van der Waals surface area contributed by atoms with Crippen LogP contribution in [0.3, 0.4) is 0 Å². The second-order valence-electron chi connectivity index (χ2n) is 10.5. The van der Waals surface area contributed by atoms with Crippen LogP contribution in [0, 0.1) is 30.6 Å². The molecule has 0 N–H and O–H groups in total. The minimum Gasteiger partial charge on any atom is -0.488 e. The van der Waals surface area contributed by atoms with Crippen LogP contribution in [0.1, 0.15) is 49.9 Å². The predicted octanol–water partition coefficient (Wildman–Crippen LogP) is 3.52. The summed E-state index contributed by atoms with van der Waals surface area (Å²) in [6.07, 6.45) is 5.90. The van der Waals surface area contributed by atoms with Gasteiger partial charge in [0.05, 0.1) is 30.5 Å². The standard InChI is InChI=1S/C26H35N5O5/c1-15-23(36-18-10-17-11-19(17)20(12-18)25(32)34-4)9-8-21(27-15)24-22(31(3)29-28-24)14-35-26(33)30(2)13-16-6-5-7-16/h8-9,16-20H,5-7,10-14H2,1-4H3/t17-,18+,19+,20+/m0/s1. The number of hydrogen-bond donors (Lipinski definition) is 0. The maximum Gasteiger partial charge on any atom is 0.409 e. The number of nitrogens with zero attached hydrogens (tertiary/aromatic N) is 5. The Labute approximate surface area is 211 Å². The van der Waals surface area contributed by atoms with Gasteiger partial charge in [0.15, 0.2) is 0 Å². The van der Waals surface area contributed by atoms with Gasteiger partial charge in [-0.25, -0.2) is 14.5 Å². The van der Waals surface area contributed by atoms with Gasteiger partial charge in [-0.15, -0.1) is 5.10 Å². The van der Waals surface area contributed by atoms with Crippen molar-refractivity contribution in [3.63, 3.8) is 0 Å². The van der Waals surface area contributed by atoms with Crippen molar-refractivity contribution in [2.45, 2.75) is 58.2 Å². The highest BCUT2D eigenvalue weighted by Crippen LogP contribution is 2.53. The molecule has 0 aromatic carbocycles. The molecule has 36 heavy (non-hydrogen) atoms. The fourth-order valence-electron chi connectivity index (χ4n) is 5.54. The van der Waals surface area contributed by atoms with Crippen LogP contribution in [0.2, 0.25) is 0 Å². The lowest BCUT2D eigenvalue weighted by Gasteiger charge is -2.29. The van der Waals surface area contributed by atoms with Gasteiger partial charge in [0.1, 0.15) is 23.7 Å². The van der Waals surface area contributed by atoms with Crippen molar-refractivity contribution < 1.29 is 23.8 Å². The highest BCUT2D eigenvalue weighted by Gasteiger charge is 2.52. The van der Waals surface area contributed by atoms with Crippen molar-refractivity contribution in [3.05, 3.63) is 23.5 Å². The molecule has 0 radical (unpaired) electrons. The molecule has 3 aliphatic carbocycles.